The first-order valence-electron chi connectivity index (χ1n) is 9.71. The highest BCUT2D eigenvalue weighted by atomic mass is 35.5. The van der Waals surface area contributed by atoms with Gasteiger partial charge in [0.2, 0.25) is 0 Å². The van der Waals surface area contributed by atoms with Gasteiger partial charge in [-0.1, -0.05) is 41.9 Å². The Kier molecular flexibility index (Phi) is 7.98. The van der Waals surface area contributed by atoms with Crippen LogP contribution in [0.15, 0.2) is 71.8 Å². The van der Waals surface area contributed by atoms with Gasteiger partial charge in [-0.2, -0.15) is 5.10 Å². The van der Waals surface area contributed by atoms with Crippen LogP contribution < -0.4 is 19.6 Å². The van der Waals surface area contributed by atoms with E-state index >= 15 is 0 Å². The van der Waals surface area contributed by atoms with E-state index in [2.05, 4.69) is 10.5 Å². The Balaban J connectivity index is 1.62. The van der Waals surface area contributed by atoms with Crippen LogP contribution in [0.25, 0.3) is 0 Å². The molecule has 0 unspecified atom stereocenters. The van der Waals surface area contributed by atoms with Crippen molar-refractivity contribution in [3.05, 3.63) is 88.4 Å². The predicted octanol–water partition coefficient (Wildman–Crippen LogP) is 5.45. The van der Waals surface area contributed by atoms with Gasteiger partial charge in [0.15, 0.2) is 11.5 Å². The molecule has 0 aromatic heterocycles. The van der Waals surface area contributed by atoms with Gasteiger partial charge in [-0.05, 0) is 54.4 Å². The number of hydrazone groups is 1. The summed E-state index contributed by atoms with van der Waals surface area (Å²) in [6.45, 7) is 3.49. The third-order valence-corrected chi connectivity index (χ3v) is 4.59. The van der Waals surface area contributed by atoms with Gasteiger partial charge < -0.3 is 19.6 Å². The van der Waals surface area contributed by atoms with E-state index in [1.807, 2.05) is 73.7 Å². The van der Waals surface area contributed by atoms with Gasteiger partial charge in [0.25, 0.3) is 0 Å². The maximum atomic E-state index is 5.94. The molecular weight excluding hydrogens is 400 g/mol. The Morgan fingerprint density at radius 1 is 0.933 bits per heavy atom. The Morgan fingerprint density at radius 2 is 1.73 bits per heavy atom. The Morgan fingerprint density at radius 3 is 2.50 bits per heavy atom. The monoisotopic (exact) mass is 424 g/mol. The number of nitrogens with one attached hydrogen (secondary N) is 1. The number of para-hydroxylation sites is 1. The molecule has 0 spiro atoms. The number of ether oxygens (including phenoxy) is 3. The lowest BCUT2D eigenvalue weighted by Crippen LogP contribution is -2.07. The van der Waals surface area contributed by atoms with Crippen LogP contribution in [-0.2, 0) is 13.2 Å². The summed E-state index contributed by atoms with van der Waals surface area (Å²) in [5.74, 6) is 2.20. The first-order valence-corrected chi connectivity index (χ1v) is 10.1. The lowest BCUT2D eigenvalue weighted by atomic mass is 10.2. The van der Waals surface area contributed by atoms with E-state index in [0.29, 0.717) is 36.3 Å². The molecular formula is C24H25ClN2O3. The van der Waals surface area contributed by atoms with Crippen molar-refractivity contribution in [1.29, 1.82) is 0 Å². The molecule has 3 rings (SSSR count). The molecule has 0 radical (unpaired) electrons. The van der Waals surface area contributed by atoms with Crippen molar-refractivity contribution in [3.8, 4) is 17.2 Å². The zero-order chi connectivity index (χ0) is 21.2. The molecule has 0 aliphatic rings. The minimum absolute atomic E-state index is 0.436. The molecule has 0 saturated carbocycles. The molecule has 0 amide bonds. The number of halogens is 1. The number of methoxy groups -OCH3 is 1. The molecule has 0 saturated heterocycles. The molecule has 3 aromatic carbocycles. The van der Waals surface area contributed by atoms with Gasteiger partial charge >= 0.3 is 0 Å². The highest BCUT2D eigenvalue weighted by Gasteiger charge is 2.07. The molecule has 30 heavy (non-hydrogen) atoms. The van der Waals surface area contributed by atoms with E-state index in [0.717, 1.165) is 22.4 Å². The summed E-state index contributed by atoms with van der Waals surface area (Å²) in [6.07, 6.45) is 1.75. The number of hydrogen-bond donors (Lipinski definition) is 1. The van der Waals surface area contributed by atoms with Crippen LogP contribution in [0.3, 0.4) is 0 Å². The van der Waals surface area contributed by atoms with Gasteiger partial charge in [0.1, 0.15) is 12.4 Å². The van der Waals surface area contributed by atoms with E-state index < -0.39 is 0 Å². The molecule has 1 N–H and O–H groups in total. The van der Waals surface area contributed by atoms with Gasteiger partial charge in [-0.25, -0.2) is 0 Å². The number of nitrogens with zero attached hydrogens (tertiary/aromatic N) is 1. The summed E-state index contributed by atoms with van der Waals surface area (Å²) in [5.41, 5.74) is 6.03. The number of rotatable bonds is 10. The smallest absolute Gasteiger partial charge is 0.161 e. The highest BCUT2D eigenvalue weighted by molar-refractivity contribution is 6.30. The number of benzene rings is 3. The van der Waals surface area contributed by atoms with Crippen molar-refractivity contribution < 1.29 is 14.2 Å². The van der Waals surface area contributed by atoms with E-state index in [-0.39, 0.29) is 0 Å². The SMILES string of the molecule is CCOc1cc(/C=N\NCc2ccccc2OC)ccc1OCc1ccc(Cl)cc1. The Bertz CT molecular complexity index is 974. The molecule has 0 bridgehead atoms. The number of hydrogen-bond acceptors (Lipinski definition) is 5. The fourth-order valence-electron chi connectivity index (χ4n) is 2.83. The Labute approximate surface area is 182 Å². The van der Waals surface area contributed by atoms with Crippen molar-refractivity contribution in [2.24, 2.45) is 5.10 Å². The molecule has 0 heterocycles. The molecule has 0 fully saturated rings. The van der Waals surface area contributed by atoms with Crippen molar-refractivity contribution in [1.82, 2.24) is 5.43 Å². The maximum absolute atomic E-state index is 5.94. The second-order valence-electron chi connectivity index (χ2n) is 6.46. The summed E-state index contributed by atoms with van der Waals surface area (Å²) < 4.78 is 17.0. The second kappa shape index (κ2) is 11.1. The van der Waals surface area contributed by atoms with Crippen LogP contribution in [0.2, 0.25) is 5.02 Å². The fraction of sp³-hybridized carbons (Fsp3) is 0.208. The lowest BCUT2D eigenvalue weighted by Gasteiger charge is -2.13. The zero-order valence-corrected chi connectivity index (χ0v) is 17.9. The molecule has 0 atom stereocenters. The van der Waals surface area contributed by atoms with E-state index in [1.165, 1.54) is 0 Å². The summed E-state index contributed by atoms with van der Waals surface area (Å²) in [4.78, 5) is 0. The highest BCUT2D eigenvalue weighted by Crippen LogP contribution is 2.29. The first kappa shape index (κ1) is 21.5. The summed E-state index contributed by atoms with van der Waals surface area (Å²) >= 11 is 5.93. The van der Waals surface area contributed by atoms with Crippen molar-refractivity contribution >= 4 is 17.8 Å². The van der Waals surface area contributed by atoms with Crippen LogP contribution in [0, 0.1) is 0 Å². The van der Waals surface area contributed by atoms with E-state index in [9.17, 15) is 0 Å². The average molecular weight is 425 g/mol. The molecule has 0 aliphatic heterocycles. The largest absolute Gasteiger partial charge is 0.496 e. The van der Waals surface area contributed by atoms with Gasteiger partial charge in [-0.15, -0.1) is 0 Å². The summed E-state index contributed by atoms with van der Waals surface area (Å²) in [7, 11) is 1.66. The Hall–Kier alpha value is -3.18. The van der Waals surface area contributed by atoms with Gasteiger partial charge in [0.05, 0.1) is 26.5 Å². The van der Waals surface area contributed by atoms with Crippen LogP contribution in [0.5, 0.6) is 17.2 Å². The summed E-state index contributed by atoms with van der Waals surface area (Å²) in [6, 6.07) is 21.2. The van der Waals surface area contributed by atoms with Crippen molar-refractivity contribution in [2.75, 3.05) is 13.7 Å². The van der Waals surface area contributed by atoms with Crippen molar-refractivity contribution in [2.45, 2.75) is 20.1 Å². The lowest BCUT2D eigenvalue weighted by molar-refractivity contribution is 0.269. The minimum Gasteiger partial charge on any atom is -0.496 e. The summed E-state index contributed by atoms with van der Waals surface area (Å²) in [5, 5.41) is 5.01. The molecule has 6 heteroatoms. The third-order valence-electron chi connectivity index (χ3n) is 4.34. The molecule has 5 nitrogen and oxygen atoms in total. The first-order chi connectivity index (χ1) is 14.7. The normalized spacial score (nSPS) is 10.8. The fourth-order valence-corrected chi connectivity index (χ4v) is 2.96. The zero-order valence-electron chi connectivity index (χ0n) is 17.1. The van der Waals surface area contributed by atoms with Crippen LogP contribution in [0.1, 0.15) is 23.6 Å². The third kappa shape index (κ3) is 6.16. The molecule has 0 aliphatic carbocycles. The van der Waals surface area contributed by atoms with Crippen molar-refractivity contribution in [3.63, 3.8) is 0 Å². The average Bonchev–Trinajstić information content (AvgIpc) is 2.77. The van der Waals surface area contributed by atoms with E-state index in [1.54, 1.807) is 13.3 Å². The van der Waals surface area contributed by atoms with Crippen LogP contribution in [0.4, 0.5) is 0 Å². The van der Waals surface area contributed by atoms with Crippen LogP contribution >= 0.6 is 11.6 Å². The second-order valence-corrected chi connectivity index (χ2v) is 6.90. The topological polar surface area (TPSA) is 52.1 Å². The minimum atomic E-state index is 0.436. The standard InChI is InChI=1S/C24H25ClN2O3/c1-3-29-24-14-19(15-26-27-16-20-6-4-5-7-22(20)28-2)10-13-23(24)30-17-18-8-11-21(25)12-9-18/h4-15,27H,3,16-17H2,1-2H3/b26-15-. The van der Waals surface area contributed by atoms with Gasteiger partial charge in [-0.3, -0.25) is 0 Å². The maximum Gasteiger partial charge on any atom is 0.161 e. The molecule has 3 aromatic rings. The van der Waals surface area contributed by atoms with E-state index in [4.69, 9.17) is 25.8 Å². The van der Waals surface area contributed by atoms with Crippen LogP contribution in [-0.4, -0.2) is 19.9 Å². The van der Waals surface area contributed by atoms with Gasteiger partial charge in [0, 0.05) is 10.6 Å². The quantitative estimate of drug-likeness (QED) is 0.347. The molecule has 156 valence electrons. The predicted molar refractivity (Wildman–Crippen MR) is 121 cm³/mol.